The summed E-state index contributed by atoms with van der Waals surface area (Å²) in [5.41, 5.74) is 3.36. The predicted molar refractivity (Wildman–Crippen MR) is 79.7 cm³/mol. The lowest BCUT2D eigenvalue weighted by molar-refractivity contribution is 0.570. The topological polar surface area (TPSA) is 29.9 Å². The third-order valence-electron chi connectivity index (χ3n) is 3.37. The highest BCUT2D eigenvalue weighted by molar-refractivity contribution is 6.42. The van der Waals surface area contributed by atoms with Crippen molar-refractivity contribution in [1.29, 1.82) is 0 Å². The average Bonchev–Trinajstić information content (AvgIpc) is 2.72. The van der Waals surface area contributed by atoms with E-state index in [-0.39, 0.29) is 6.04 Å². The third kappa shape index (κ3) is 3.11. The minimum atomic E-state index is 0.212. The zero-order valence-electron chi connectivity index (χ0n) is 11.2. The number of aryl methyl sites for hydroxylation is 1. The van der Waals surface area contributed by atoms with Gasteiger partial charge in [-0.15, -0.1) is 0 Å². The maximum atomic E-state index is 6.17. The summed E-state index contributed by atoms with van der Waals surface area (Å²) in [7, 11) is 1.94. The lowest BCUT2D eigenvalue weighted by Gasteiger charge is -2.14. The van der Waals surface area contributed by atoms with E-state index in [1.165, 1.54) is 5.56 Å². The fraction of sp³-hybridized carbons (Fsp3) is 0.357. The average molecular weight is 298 g/mol. The van der Waals surface area contributed by atoms with E-state index in [9.17, 15) is 0 Å². The Bertz CT molecular complexity index is 578. The van der Waals surface area contributed by atoms with Gasteiger partial charge in [-0.1, -0.05) is 35.3 Å². The molecule has 5 heteroatoms. The maximum Gasteiger partial charge on any atom is 0.0637 e. The number of halogens is 2. The number of aromatic nitrogens is 2. The smallest absolute Gasteiger partial charge is 0.0637 e. The van der Waals surface area contributed by atoms with E-state index < -0.39 is 0 Å². The Balaban J connectivity index is 2.06. The fourth-order valence-corrected chi connectivity index (χ4v) is 2.39. The highest BCUT2D eigenvalue weighted by Gasteiger charge is 2.12. The summed E-state index contributed by atoms with van der Waals surface area (Å²) in [5.74, 6) is 0. The van der Waals surface area contributed by atoms with E-state index >= 15 is 0 Å². The van der Waals surface area contributed by atoms with Crippen LogP contribution in [0.4, 0.5) is 0 Å². The van der Waals surface area contributed by atoms with Gasteiger partial charge in [0.05, 0.1) is 16.2 Å². The van der Waals surface area contributed by atoms with Gasteiger partial charge in [-0.2, -0.15) is 5.10 Å². The third-order valence-corrected chi connectivity index (χ3v) is 4.23. The first-order valence-corrected chi connectivity index (χ1v) is 6.91. The molecule has 1 aromatic heterocycles. The molecule has 0 aliphatic rings. The van der Waals surface area contributed by atoms with Gasteiger partial charge in [0.2, 0.25) is 0 Å². The van der Waals surface area contributed by atoms with Gasteiger partial charge in [-0.3, -0.25) is 4.68 Å². The summed E-state index contributed by atoms with van der Waals surface area (Å²) >= 11 is 12.2. The van der Waals surface area contributed by atoms with Gasteiger partial charge in [0.1, 0.15) is 0 Å². The van der Waals surface area contributed by atoms with E-state index in [1.54, 1.807) is 6.07 Å². The van der Waals surface area contributed by atoms with Crippen LogP contribution in [0.1, 0.15) is 29.8 Å². The number of benzene rings is 1. The van der Waals surface area contributed by atoms with Crippen molar-refractivity contribution in [2.24, 2.45) is 7.05 Å². The highest BCUT2D eigenvalue weighted by atomic mass is 35.5. The van der Waals surface area contributed by atoms with Crippen LogP contribution in [0.5, 0.6) is 0 Å². The normalized spacial score (nSPS) is 12.7. The van der Waals surface area contributed by atoms with Crippen molar-refractivity contribution < 1.29 is 0 Å². The van der Waals surface area contributed by atoms with Crippen molar-refractivity contribution in [2.75, 3.05) is 0 Å². The number of rotatable bonds is 4. The molecule has 1 unspecified atom stereocenters. The van der Waals surface area contributed by atoms with Crippen molar-refractivity contribution in [1.82, 2.24) is 15.1 Å². The van der Waals surface area contributed by atoms with Crippen molar-refractivity contribution in [3.05, 3.63) is 51.3 Å². The summed E-state index contributed by atoms with van der Waals surface area (Å²) in [6.07, 6.45) is 1.90. The molecule has 0 bridgehead atoms. The second-order valence-corrected chi connectivity index (χ2v) is 5.41. The molecule has 0 saturated carbocycles. The van der Waals surface area contributed by atoms with Crippen LogP contribution in [0.3, 0.4) is 0 Å². The molecule has 19 heavy (non-hydrogen) atoms. The predicted octanol–water partition coefficient (Wildman–Crippen LogP) is 3.89. The van der Waals surface area contributed by atoms with Gasteiger partial charge in [0.15, 0.2) is 0 Å². The van der Waals surface area contributed by atoms with E-state index in [4.69, 9.17) is 23.2 Å². The van der Waals surface area contributed by atoms with Crippen molar-refractivity contribution in [3.63, 3.8) is 0 Å². The highest BCUT2D eigenvalue weighted by Crippen LogP contribution is 2.26. The first-order chi connectivity index (χ1) is 9.00. The second-order valence-electron chi connectivity index (χ2n) is 4.62. The van der Waals surface area contributed by atoms with E-state index in [0.717, 1.165) is 11.3 Å². The molecule has 102 valence electrons. The van der Waals surface area contributed by atoms with Crippen LogP contribution in [0.15, 0.2) is 24.4 Å². The summed E-state index contributed by atoms with van der Waals surface area (Å²) in [4.78, 5) is 0. The number of nitrogens with zero attached hydrogens (tertiary/aromatic N) is 2. The molecule has 0 saturated heterocycles. The second kappa shape index (κ2) is 5.95. The van der Waals surface area contributed by atoms with Gasteiger partial charge in [-0.25, -0.2) is 0 Å². The van der Waals surface area contributed by atoms with Crippen LogP contribution in [0, 0.1) is 6.92 Å². The van der Waals surface area contributed by atoms with Crippen molar-refractivity contribution in [3.8, 4) is 0 Å². The lowest BCUT2D eigenvalue weighted by atomic mass is 10.1. The summed E-state index contributed by atoms with van der Waals surface area (Å²) in [5, 5.41) is 8.90. The largest absolute Gasteiger partial charge is 0.306 e. The first kappa shape index (κ1) is 14.4. The minimum Gasteiger partial charge on any atom is -0.306 e. The molecule has 1 heterocycles. The molecular weight excluding hydrogens is 281 g/mol. The molecule has 0 aliphatic heterocycles. The van der Waals surface area contributed by atoms with Crippen LogP contribution in [-0.4, -0.2) is 9.78 Å². The van der Waals surface area contributed by atoms with E-state index in [0.29, 0.717) is 16.6 Å². The summed E-state index contributed by atoms with van der Waals surface area (Å²) < 4.78 is 1.87. The Morgan fingerprint density at radius 1 is 1.37 bits per heavy atom. The van der Waals surface area contributed by atoms with Crippen molar-refractivity contribution in [2.45, 2.75) is 26.4 Å². The number of hydrogen-bond donors (Lipinski definition) is 1. The molecule has 3 nitrogen and oxygen atoms in total. The molecule has 2 aromatic rings. The first-order valence-electron chi connectivity index (χ1n) is 6.15. The van der Waals surface area contributed by atoms with Gasteiger partial charge >= 0.3 is 0 Å². The Kier molecular flexibility index (Phi) is 4.50. The van der Waals surface area contributed by atoms with Gasteiger partial charge in [0.25, 0.3) is 0 Å². The van der Waals surface area contributed by atoms with Gasteiger partial charge in [-0.05, 0) is 25.5 Å². The Labute approximate surface area is 123 Å². The molecule has 1 aromatic carbocycles. The quantitative estimate of drug-likeness (QED) is 0.928. The molecule has 0 amide bonds. The molecule has 1 atom stereocenters. The monoisotopic (exact) mass is 297 g/mol. The Morgan fingerprint density at radius 3 is 2.74 bits per heavy atom. The molecule has 0 spiro atoms. The minimum absolute atomic E-state index is 0.212. The van der Waals surface area contributed by atoms with Crippen LogP contribution >= 0.6 is 23.2 Å². The molecule has 0 aliphatic carbocycles. The lowest BCUT2D eigenvalue weighted by Crippen LogP contribution is -2.18. The molecule has 1 N–H and O–H groups in total. The number of hydrogen-bond acceptors (Lipinski definition) is 2. The number of nitrogens with one attached hydrogen (secondary N) is 1. The molecule has 0 fully saturated rings. The summed E-state index contributed by atoms with van der Waals surface area (Å²) in [6, 6.07) is 5.89. The van der Waals surface area contributed by atoms with Gasteiger partial charge < -0.3 is 5.32 Å². The molecule has 0 radical (unpaired) electrons. The van der Waals surface area contributed by atoms with E-state index in [2.05, 4.69) is 24.3 Å². The zero-order chi connectivity index (χ0) is 14.0. The SMILES string of the molecule is Cc1c(C(C)NCc2cccc(Cl)c2Cl)cnn1C. The van der Waals surface area contributed by atoms with Crippen LogP contribution in [-0.2, 0) is 13.6 Å². The van der Waals surface area contributed by atoms with E-state index in [1.807, 2.05) is 30.1 Å². The fourth-order valence-electron chi connectivity index (χ4n) is 2.00. The van der Waals surface area contributed by atoms with Crippen LogP contribution < -0.4 is 5.32 Å². The van der Waals surface area contributed by atoms with Crippen molar-refractivity contribution >= 4 is 23.2 Å². The van der Waals surface area contributed by atoms with Crippen LogP contribution in [0.25, 0.3) is 0 Å². The zero-order valence-corrected chi connectivity index (χ0v) is 12.8. The standard InChI is InChI=1S/C14H17Cl2N3/c1-9(12-8-18-19(3)10(12)2)17-7-11-5-4-6-13(15)14(11)16/h4-6,8-9,17H,7H2,1-3H3. The van der Waals surface area contributed by atoms with Gasteiger partial charge in [0, 0.05) is 30.9 Å². The van der Waals surface area contributed by atoms with Crippen LogP contribution in [0.2, 0.25) is 10.0 Å². The molecule has 2 rings (SSSR count). The Morgan fingerprint density at radius 2 is 2.11 bits per heavy atom. The summed E-state index contributed by atoms with van der Waals surface area (Å²) in [6.45, 7) is 4.85. The maximum absolute atomic E-state index is 6.17. The molecular formula is C14H17Cl2N3. The Hall–Kier alpha value is -1.03.